The fourth-order valence-corrected chi connectivity index (χ4v) is 3.91. The van der Waals surface area contributed by atoms with Gasteiger partial charge in [0.2, 0.25) is 0 Å². The first-order chi connectivity index (χ1) is 12.1. The van der Waals surface area contributed by atoms with Crippen LogP contribution in [0.25, 0.3) is 0 Å². The Kier molecular flexibility index (Phi) is 9.99. The van der Waals surface area contributed by atoms with Crippen molar-refractivity contribution in [1.82, 2.24) is 9.80 Å². The molecule has 0 radical (unpaired) electrons. The van der Waals surface area contributed by atoms with Crippen molar-refractivity contribution in [3.05, 3.63) is 48.6 Å². The van der Waals surface area contributed by atoms with E-state index in [-0.39, 0.29) is 36.5 Å². The summed E-state index contributed by atoms with van der Waals surface area (Å²) >= 11 is 0. The van der Waals surface area contributed by atoms with Crippen LogP contribution in [0.5, 0.6) is 0 Å². The van der Waals surface area contributed by atoms with Crippen LogP contribution in [0, 0.1) is 5.92 Å². The number of halogens is 2. The van der Waals surface area contributed by atoms with Crippen molar-refractivity contribution in [2.45, 2.75) is 31.3 Å². The number of nitrogens with zero attached hydrogens (tertiary/aromatic N) is 2. The first-order valence-electron chi connectivity index (χ1n) is 9.51. The Hall–Kier alpha value is -0.910. The molecule has 1 heterocycles. The normalized spacial score (nSPS) is 20.5. The van der Waals surface area contributed by atoms with E-state index in [0.29, 0.717) is 6.54 Å². The van der Waals surface area contributed by atoms with Gasteiger partial charge < -0.3 is 10.0 Å². The molecule has 1 aromatic carbocycles. The van der Waals surface area contributed by atoms with Crippen molar-refractivity contribution >= 4 is 30.6 Å². The molecule has 4 nitrogen and oxygen atoms in total. The molecule has 1 aromatic rings. The summed E-state index contributed by atoms with van der Waals surface area (Å²) in [7, 11) is 0. The number of piperazine rings is 1. The highest BCUT2D eigenvalue weighted by atomic mass is 35.5. The summed E-state index contributed by atoms with van der Waals surface area (Å²) in [6.07, 6.45) is 5.94. The third kappa shape index (κ3) is 5.55. The van der Waals surface area contributed by atoms with Gasteiger partial charge >= 0.3 is 0 Å². The van der Waals surface area contributed by atoms with E-state index in [0.717, 1.165) is 64.0 Å². The molecular weight excluding hydrogens is 383 g/mol. The van der Waals surface area contributed by atoms with Gasteiger partial charge in [0.25, 0.3) is 0 Å². The quantitative estimate of drug-likeness (QED) is 0.662. The minimum atomic E-state index is -1.32. The monoisotopic (exact) mass is 414 g/mol. The predicted octanol–water partition coefficient (Wildman–Crippen LogP) is 3.28. The highest BCUT2D eigenvalue weighted by Crippen LogP contribution is 2.43. The largest absolute Gasteiger partial charge is 0.377 e. The number of carbonyl (C=O) groups is 1. The Morgan fingerprint density at radius 2 is 1.70 bits per heavy atom. The lowest BCUT2D eigenvalue weighted by Gasteiger charge is -2.42. The lowest BCUT2D eigenvalue weighted by Crippen LogP contribution is -2.53. The van der Waals surface area contributed by atoms with Gasteiger partial charge in [0.15, 0.2) is 11.4 Å². The SMILES string of the molecule is C=CCCN1CCN(CC(=O)C(O)(c2ccccc2)C2CCC2)CC1.Cl.Cl. The zero-order valence-electron chi connectivity index (χ0n) is 15.9. The van der Waals surface area contributed by atoms with E-state index >= 15 is 0 Å². The highest BCUT2D eigenvalue weighted by molar-refractivity contribution is 5.90. The fourth-order valence-electron chi connectivity index (χ4n) is 3.91. The summed E-state index contributed by atoms with van der Waals surface area (Å²) in [6, 6.07) is 9.53. The van der Waals surface area contributed by atoms with Crippen LogP contribution in [0.1, 0.15) is 31.2 Å². The molecule has 1 N–H and O–H groups in total. The van der Waals surface area contributed by atoms with Gasteiger partial charge in [0.05, 0.1) is 6.54 Å². The second kappa shape index (κ2) is 11.2. The van der Waals surface area contributed by atoms with Crippen LogP contribution in [-0.4, -0.2) is 60.0 Å². The molecule has 152 valence electrons. The van der Waals surface area contributed by atoms with Crippen LogP contribution < -0.4 is 0 Å². The van der Waals surface area contributed by atoms with Gasteiger partial charge in [0.1, 0.15) is 0 Å². The smallest absolute Gasteiger partial charge is 0.183 e. The molecule has 0 amide bonds. The van der Waals surface area contributed by atoms with Gasteiger partial charge in [-0.15, -0.1) is 31.4 Å². The number of hydrogen-bond donors (Lipinski definition) is 1. The zero-order valence-corrected chi connectivity index (χ0v) is 17.5. The third-order valence-electron chi connectivity index (χ3n) is 5.82. The standard InChI is InChI=1S/C21H30N2O2.2ClH/c1-2-3-12-22-13-15-23(16-14-22)17-20(24)21(25,19-10-7-11-19)18-8-5-4-6-9-18;;/h2,4-6,8-9,19,25H,1,3,7,10-17H2;2*1H. The van der Waals surface area contributed by atoms with Gasteiger partial charge in [-0.2, -0.15) is 0 Å². The lowest BCUT2D eigenvalue weighted by molar-refractivity contribution is -0.151. The molecule has 1 aliphatic heterocycles. The van der Waals surface area contributed by atoms with Gasteiger partial charge in [0, 0.05) is 32.7 Å². The zero-order chi connectivity index (χ0) is 17.7. The molecule has 1 atom stereocenters. The van der Waals surface area contributed by atoms with Crippen molar-refractivity contribution in [3.8, 4) is 0 Å². The van der Waals surface area contributed by atoms with Crippen LogP contribution in [0.4, 0.5) is 0 Å². The summed E-state index contributed by atoms with van der Waals surface area (Å²) in [5, 5.41) is 11.4. The van der Waals surface area contributed by atoms with Crippen molar-refractivity contribution in [2.24, 2.45) is 5.92 Å². The van der Waals surface area contributed by atoms with E-state index in [1.807, 2.05) is 36.4 Å². The Morgan fingerprint density at radius 1 is 1.11 bits per heavy atom. The van der Waals surface area contributed by atoms with Crippen LogP contribution in [-0.2, 0) is 10.4 Å². The molecule has 1 unspecified atom stereocenters. The van der Waals surface area contributed by atoms with Gasteiger partial charge in [-0.3, -0.25) is 9.69 Å². The van der Waals surface area contributed by atoms with E-state index in [2.05, 4.69) is 16.4 Å². The summed E-state index contributed by atoms with van der Waals surface area (Å²) in [5.74, 6) is 0.0271. The first kappa shape index (κ1) is 24.1. The Balaban J connectivity index is 0.00000182. The average Bonchev–Trinajstić information content (AvgIpc) is 2.60. The summed E-state index contributed by atoms with van der Waals surface area (Å²) in [6.45, 7) is 8.90. The first-order valence-corrected chi connectivity index (χ1v) is 9.51. The number of carbonyl (C=O) groups excluding carboxylic acids is 1. The minimum Gasteiger partial charge on any atom is -0.377 e. The van der Waals surface area contributed by atoms with Gasteiger partial charge in [-0.25, -0.2) is 0 Å². The second-order valence-corrected chi connectivity index (χ2v) is 7.38. The Labute approximate surface area is 175 Å². The van der Waals surface area contributed by atoms with E-state index in [1.165, 1.54) is 0 Å². The van der Waals surface area contributed by atoms with Crippen LogP contribution in [0.15, 0.2) is 43.0 Å². The molecule has 27 heavy (non-hydrogen) atoms. The lowest BCUT2D eigenvalue weighted by atomic mass is 9.67. The predicted molar refractivity (Wildman–Crippen MR) is 115 cm³/mol. The summed E-state index contributed by atoms with van der Waals surface area (Å²) < 4.78 is 0. The van der Waals surface area contributed by atoms with E-state index in [4.69, 9.17) is 0 Å². The molecular formula is C21H32Cl2N2O2. The number of Topliss-reactive ketones (excluding diaryl/α,β-unsaturated/α-hetero) is 1. The molecule has 3 rings (SSSR count). The maximum Gasteiger partial charge on any atom is 0.183 e. The van der Waals surface area contributed by atoms with Crippen LogP contribution in [0.2, 0.25) is 0 Å². The Morgan fingerprint density at radius 3 is 2.22 bits per heavy atom. The molecule has 2 aliphatic rings. The van der Waals surface area contributed by atoms with E-state index in [9.17, 15) is 9.90 Å². The van der Waals surface area contributed by atoms with Crippen molar-refractivity contribution in [2.75, 3.05) is 39.3 Å². The molecule has 1 saturated heterocycles. The fraction of sp³-hybridized carbons (Fsp3) is 0.571. The average molecular weight is 415 g/mol. The molecule has 0 spiro atoms. The number of ketones is 1. The molecule has 2 fully saturated rings. The number of hydrogen-bond acceptors (Lipinski definition) is 4. The third-order valence-corrected chi connectivity index (χ3v) is 5.82. The molecule has 0 aromatic heterocycles. The van der Waals surface area contributed by atoms with Crippen LogP contribution >= 0.6 is 24.8 Å². The maximum atomic E-state index is 13.1. The second-order valence-electron chi connectivity index (χ2n) is 7.38. The molecule has 1 aliphatic carbocycles. The topological polar surface area (TPSA) is 43.8 Å². The van der Waals surface area contributed by atoms with Gasteiger partial charge in [-0.05, 0) is 30.7 Å². The van der Waals surface area contributed by atoms with Crippen molar-refractivity contribution in [1.29, 1.82) is 0 Å². The molecule has 6 heteroatoms. The maximum absolute atomic E-state index is 13.1. The summed E-state index contributed by atoms with van der Waals surface area (Å²) in [4.78, 5) is 17.7. The molecule has 0 bridgehead atoms. The number of aliphatic hydroxyl groups is 1. The van der Waals surface area contributed by atoms with Crippen molar-refractivity contribution in [3.63, 3.8) is 0 Å². The number of benzene rings is 1. The molecule has 1 saturated carbocycles. The highest BCUT2D eigenvalue weighted by Gasteiger charge is 2.47. The van der Waals surface area contributed by atoms with E-state index < -0.39 is 5.60 Å². The van der Waals surface area contributed by atoms with Crippen molar-refractivity contribution < 1.29 is 9.90 Å². The number of rotatable bonds is 8. The minimum absolute atomic E-state index is 0. The van der Waals surface area contributed by atoms with E-state index in [1.54, 1.807) is 0 Å². The van der Waals surface area contributed by atoms with Crippen LogP contribution in [0.3, 0.4) is 0 Å². The summed E-state index contributed by atoms with van der Waals surface area (Å²) in [5.41, 5.74) is -0.561. The van der Waals surface area contributed by atoms with Gasteiger partial charge in [-0.1, -0.05) is 42.8 Å². The Bertz CT molecular complexity index is 587.